The largest absolute Gasteiger partial charge is 0.481 e. The average molecular weight is 480 g/mol. The zero-order valence-corrected chi connectivity index (χ0v) is 19.1. The van der Waals surface area contributed by atoms with Gasteiger partial charge in [0.1, 0.15) is 6.10 Å². The number of aliphatic hydroxyl groups is 1. The molecular formula is C23H24Cl2FN3O3. The first-order valence-corrected chi connectivity index (χ1v) is 11.5. The number of rotatable bonds is 4. The van der Waals surface area contributed by atoms with Crippen LogP contribution >= 0.6 is 23.2 Å². The molecule has 2 saturated heterocycles. The third-order valence-electron chi connectivity index (χ3n) is 6.63. The molecule has 32 heavy (non-hydrogen) atoms. The van der Waals surface area contributed by atoms with E-state index in [0.29, 0.717) is 48.2 Å². The van der Waals surface area contributed by atoms with Crippen molar-refractivity contribution >= 4 is 34.9 Å². The predicted octanol–water partition coefficient (Wildman–Crippen LogP) is 4.12. The number of anilines is 1. The molecular weight excluding hydrogens is 456 g/mol. The number of benzene rings is 2. The highest BCUT2D eigenvalue weighted by Gasteiger charge is 2.42. The number of carbonyl (C=O) groups excluding carboxylic acids is 1. The lowest BCUT2D eigenvalue weighted by Crippen LogP contribution is -2.39. The first-order chi connectivity index (χ1) is 15.3. The third kappa shape index (κ3) is 3.81. The van der Waals surface area contributed by atoms with Gasteiger partial charge in [-0.15, -0.1) is 0 Å². The zero-order chi connectivity index (χ0) is 22.6. The summed E-state index contributed by atoms with van der Waals surface area (Å²) in [6.45, 7) is 2.39. The van der Waals surface area contributed by atoms with Gasteiger partial charge in [0.25, 0.3) is 0 Å². The standard InChI is InChI=1S/C23H24Cl2FN3O3/c1-27-6-7-29(23(27)31)14-2-3-21(19(26)10-14)32-22-17-8-13(24)9-18(25)16(17)11-20(22)28-5-4-15(30)12-28/h2-3,8-10,15,20,22,30H,4-7,11-12H2,1H3/t15?,20-,22-/m0/s1. The lowest BCUT2D eigenvalue weighted by atomic mass is 10.1. The number of hydrogen-bond acceptors (Lipinski definition) is 4. The topological polar surface area (TPSA) is 56.3 Å². The van der Waals surface area contributed by atoms with Crippen LogP contribution in [0.5, 0.6) is 5.75 Å². The number of halogens is 3. The molecule has 0 radical (unpaired) electrons. The Kier molecular flexibility index (Phi) is 5.70. The Morgan fingerprint density at radius 1 is 1.16 bits per heavy atom. The molecule has 2 aliphatic heterocycles. The lowest BCUT2D eigenvalue weighted by Gasteiger charge is -2.30. The van der Waals surface area contributed by atoms with E-state index in [1.165, 1.54) is 6.07 Å². The number of β-amino-alcohol motifs (C(OH)–C–C–N with tert-alkyl or cyclic N) is 1. The molecule has 1 unspecified atom stereocenters. The molecule has 6 nitrogen and oxygen atoms in total. The normalized spacial score (nSPS) is 25.7. The van der Waals surface area contributed by atoms with Gasteiger partial charge in [0.05, 0.1) is 12.1 Å². The minimum absolute atomic E-state index is 0.0917. The van der Waals surface area contributed by atoms with Gasteiger partial charge in [-0.1, -0.05) is 23.2 Å². The number of aliphatic hydroxyl groups excluding tert-OH is 1. The number of likely N-dealkylation sites (tertiary alicyclic amines) is 1. The van der Waals surface area contributed by atoms with Gasteiger partial charge in [-0.3, -0.25) is 9.80 Å². The number of urea groups is 1. The van der Waals surface area contributed by atoms with Gasteiger partial charge in [0.2, 0.25) is 0 Å². The summed E-state index contributed by atoms with van der Waals surface area (Å²) in [6, 6.07) is 7.89. The van der Waals surface area contributed by atoms with Crippen molar-refractivity contribution in [2.75, 3.05) is 38.1 Å². The Morgan fingerprint density at radius 3 is 2.62 bits per heavy atom. The molecule has 0 aromatic heterocycles. The highest BCUT2D eigenvalue weighted by atomic mass is 35.5. The van der Waals surface area contributed by atoms with Crippen molar-refractivity contribution in [3.8, 4) is 5.75 Å². The van der Waals surface area contributed by atoms with Crippen molar-refractivity contribution < 1.29 is 19.0 Å². The molecule has 0 saturated carbocycles. The second-order valence-electron chi connectivity index (χ2n) is 8.67. The number of ether oxygens (including phenoxy) is 1. The Morgan fingerprint density at radius 2 is 1.97 bits per heavy atom. The van der Waals surface area contributed by atoms with Gasteiger partial charge < -0.3 is 14.7 Å². The van der Waals surface area contributed by atoms with Crippen molar-refractivity contribution in [3.05, 3.63) is 57.3 Å². The van der Waals surface area contributed by atoms with E-state index in [1.54, 1.807) is 35.0 Å². The van der Waals surface area contributed by atoms with Crippen LogP contribution in [0.4, 0.5) is 14.9 Å². The summed E-state index contributed by atoms with van der Waals surface area (Å²) in [5.41, 5.74) is 2.28. The van der Waals surface area contributed by atoms with Gasteiger partial charge in [-0.25, -0.2) is 9.18 Å². The minimum Gasteiger partial charge on any atom is -0.481 e. The summed E-state index contributed by atoms with van der Waals surface area (Å²) >= 11 is 12.7. The Hall–Kier alpha value is -2.06. The Bertz CT molecular complexity index is 1070. The van der Waals surface area contributed by atoms with E-state index in [9.17, 15) is 9.90 Å². The van der Waals surface area contributed by atoms with E-state index in [4.69, 9.17) is 27.9 Å². The fraction of sp³-hybridized carbons (Fsp3) is 0.435. The molecule has 5 rings (SSSR count). The van der Waals surface area contributed by atoms with Crippen LogP contribution < -0.4 is 9.64 Å². The van der Waals surface area contributed by atoms with E-state index in [0.717, 1.165) is 17.7 Å². The summed E-state index contributed by atoms with van der Waals surface area (Å²) in [6.07, 6.45) is 0.462. The maximum absolute atomic E-state index is 15.1. The molecule has 1 N–H and O–H groups in total. The van der Waals surface area contributed by atoms with Crippen LogP contribution in [0.15, 0.2) is 30.3 Å². The second-order valence-corrected chi connectivity index (χ2v) is 9.52. The molecule has 1 aliphatic carbocycles. The highest BCUT2D eigenvalue weighted by molar-refractivity contribution is 6.35. The monoisotopic (exact) mass is 479 g/mol. The maximum atomic E-state index is 15.1. The van der Waals surface area contributed by atoms with Crippen molar-refractivity contribution in [2.24, 2.45) is 0 Å². The van der Waals surface area contributed by atoms with E-state index < -0.39 is 11.9 Å². The van der Waals surface area contributed by atoms with Gasteiger partial charge in [-0.2, -0.15) is 0 Å². The number of amides is 2. The van der Waals surface area contributed by atoms with Crippen LogP contribution in [0.3, 0.4) is 0 Å². The van der Waals surface area contributed by atoms with E-state index in [-0.39, 0.29) is 23.9 Å². The molecule has 2 amide bonds. The molecule has 2 aromatic rings. The van der Waals surface area contributed by atoms with E-state index in [1.807, 2.05) is 6.07 Å². The summed E-state index contributed by atoms with van der Waals surface area (Å²) in [4.78, 5) is 17.6. The lowest BCUT2D eigenvalue weighted by molar-refractivity contribution is 0.0791. The molecule has 2 fully saturated rings. The second kappa shape index (κ2) is 8.37. The summed E-state index contributed by atoms with van der Waals surface area (Å²) in [5.74, 6) is -0.431. The number of nitrogens with zero attached hydrogens (tertiary/aromatic N) is 3. The zero-order valence-electron chi connectivity index (χ0n) is 17.6. The van der Waals surface area contributed by atoms with Crippen LogP contribution in [-0.2, 0) is 6.42 Å². The van der Waals surface area contributed by atoms with Crippen molar-refractivity contribution in [3.63, 3.8) is 0 Å². The first-order valence-electron chi connectivity index (χ1n) is 10.7. The fourth-order valence-corrected chi connectivity index (χ4v) is 5.51. The highest BCUT2D eigenvalue weighted by Crippen LogP contribution is 2.44. The third-order valence-corrected chi connectivity index (χ3v) is 7.18. The molecule has 0 bridgehead atoms. The van der Waals surface area contributed by atoms with Crippen LogP contribution in [0.1, 0.15) is 23.7 Å². The number of carbonyl (C=O) groups is 1. The number of fused-ring (bicyclic) bond motifs is 1. The summed E-state index contributed by atoms with van der Waals surface area (Å²) in [5, 5.41) is 11.1. The molecule has 3 aliphatic rings. The predicted molar refractivity (Wildman–Crippen MR) is 121 cm³/mol. The summed E-state index contributed by atoms with van der Waals surface area (Å²) < 4.78 is 21.3. The molecule has 9 heteroatoms. The minimum atomic E-state index is -0.536. The van der Waals surface area contributed by atoms with Crippen LogP contribution in [0.2, 0.25) is 10.0 Å². The average Bonchev–Trinajstić information content (AvgIpc) is 3.42. The first kappa shape index (κ1) is 21.8. The SMILES string of the molecule is CN1CCN(c2ccc(O[C@H]3c4cc(Cl)cc(Cl)c4C[C@@H]3N3CCC(O)C3)c(F)c2)C1=O. The smallest absolute Gasteiger partial charge is 0.324 e. The maximum Gasteiger partial charge on any atom is 0.324 e. The molecule has 170 valence electrons. The molecule has 2 heterocycles. The quantitative estimate of drug-likeness (QED) is 0.716. The van der Waals surface area contributed by atoms with E-state index >= 15 is 4.39 Å². The van der Waals surface area contributed by atoms with Crippen molar-refractivity contribution in [1.29, 1.82) is 0 Å². The van der Waals surface area contributed by atoms with Gasteiger partial charge >= 0.3 is 6.03 Å². The van der Waals surface area contributed by atoms with Gasteiger partial charge in [0.15, 0.2) is 11.6 Å². The van der Waals surface area contributed by atoms with Crippen molar-refractivity contribution in [2.45, 2.75) is 31.1 Å². The molecule has 0 spiro atoms. The molecule has 3 atom stereocenters. The molecule has 2 aromatic carbocycles. The Labute approximate surface area is 196 Å². The van der Waals surface area contributed by atoms with Crippen LogP contribution in [-0.4, -0.2) is 66.3 Å². The summed E-state index contributed by atoms with van der Waals surface area (Å²) in [7, 11) is 1.72. The number of hydrogen-bond donors (Lipinski definition) is 1. The number of likely N-dealkylation sites (N-methyl/N-ethyl adjacent to an activating group) is 1. The fourth-order valence-electron chi connectivity index (χ4n) is 4.92. The van der Waals surface area contributed by atoms with Gasteiger partial charge in [0, 0.05) is 60.6 Å². The Balaban J connectivity index is 1.45. The van der Waals surface area contributed by atoms with Crippen molar-refractivity contribution in [1.82, 2.24) is 9.80 Å². The van der Waals surface area contributed by atoms with Gasteiger partial charge in [-0.05, 0) is 42.7 Å². The van der Waals surface area contributed by atoms with E-state index in [2.05, 4.69) is 4.90 Å². The van der Waals surface area contributed by atoms with Crippen LogP contribution in [0.25, 0.3) is 0 Å². The van der Waals surface area contributed by atoms with Crippen LogP contribution in [0, 0.1) is 5.82 Å².